The zero-order chi connectivity index (χ0) is 16.1. The second-order valence-electron chi connectivity index (χ2n) is 4.59. The average Bonchev–Trinajstić information content (AvgIpc) is 3.03. The van der Waals surface area contributed by atoms with E-state index in [2.05, 4.69) is 38.1 Å². The maximum absolute atomic E-state index is 11.9. The van der Waals surface area contributed by atoms with Crippen LogP contribution in [0.2, 0.25) is 0 Å². The molecule has 0 saturated carbocycles. The minimum absolute atomic E-state index is 0.114. The van der Waals surface area contributed by atoms with Gasteiger partial charge in [-0.25, -0.2) is 0 Å². The maximum Gasteiger partial charge on any atom is 0.277 e. The summed E-state index contributed by atoms with van der Waals surface area (Å²) in [5.74, 6) is 0.546. The van der Waals surface area contributed by atoms with Crippen molar-refractivity contribution in [1.29, 1.82) is 0 Å². The van der Waals surface area contributed by atoms with Gasteiger partial charge in [0.1, 0.15) is 0 Å². The standard InChI is InChI=1S/C16H12IN3O2S/c17-12-7-4-8-13(9-12)18-14(21)10-23-16-20-19-15(22-16)11-5-2-1-3-6-11/h1-9H,10H2,(H,18,21). The Hall–Kier alpha value is -1.87. The van der Waals surface area contributed by atoms with E-state index in [0.717, 1.165) is 14.8 Å². The molecule has 5 nitrogen and oxygen atoms in total. The predicted molar refractivity (Wildman–Crippen MR) is 98.2 cm³/mol. The molecular weight excluding hydrogens is 425 g/mol. The Balaban J connectivity index is 1.56. The van der Waals surface area contributed by atoms with Crippen molar-refractivity contribution in [2.75, 3.05) is 11.1 Å². The van der Waals surface area contributed by atoms with Crippen molar-refractivity contribution in [3.8, 4) is 11.5 Å². The summed E-state index contributed by atoms with van der Waals surface area (Å²) in [6, 6.07) is 17.1. The fourth-order valence-corrected chi connectivity index (χ4v) is 2.96. The monoisotopic (exact) mass is 437 g/mol. The van der Waals surface area contributed by atoms with Gasteiger partial charge in [0.25, 0.3) is 5.22 Å². The van der Waals surface area contributed by atoms with Crippen LogP contribution in [-0.2, 0) is 4.79 Å². The molecule has 3 aromatic rings. The molecule has 0 unspecified atom stereocenters. The van der Waals surface area contributed by atoms with E-state index >= 15 is 0 Å². The van der Waals surface area contributed by atoms with Crippen molar-refractivity contribution in [1.82, 2.24) is 10.2 Å². The van der Waals surface area contributed by atoms with Gasteiger partial charge < -0.3 is 9.73 Å². The van der Waals surface area contributed by atoms with Gasteiger partial charge in [0.15, 0.2) is 0 Å². The fraction of sp³-hybridized carbons (Fsp3) is 0.0625. The Morgan fingerprint density at radius 1 is 1.13 bits per heavy atom. The van der Waals surface area contributed by atoms with Crippen LogP contribution in [0.25, 0.3) is 11.5 Å². The average molecular weight is 437 g/mol. The Morgan fingerprint density at radius 3 is 2.74 bits per heavy atom. The first-order chi connectivity index (χ1) is 11.2. The number of nitrogens with zero attached hydrogens (tertiary/aromatic N) is 2. The van der Waals surface area contributed by atoms with E-state index < -0.39 is 0 Å². The molecule has 0 aliphatic rings. The van der Waals surface area contributed by atoms with Crippen LogP contribution in [0.4, 0.5) is 5.69 Å². The summed E-state index contributed by atoms with van der Waals surface area (Å²) in [6.07, 6.45) is 0. The Kier molecular flexibility index (Phi) is 5.29. The highest BCUT2D eigenvalue weighted by Gasteiger charge is 2.11. The van der Waals surface area contributed by atoms with E-state index in [1.165, 1.54) is 11.8 Å². The normalized spacial score (nSPS) is 10.5. The van der Waals surface area contributed by atoms with E-state index in [4.69, 9.17) is 4.42 Å². The zero-order valence-corrected chi connectivity index (χ0v) is 14.9. The third kappa shape index (κ3) is 4.55. The highest BCUT2D eigenvalue weighted by atomic mass is 127. The molecule has 7 heteroatoms. The molecule has 1 N–H and O–H groups in total. The van der Waals surface area contributed by atoms with E-state index in [1.807, 2.05) is 54.6 Å². The van der Waals surface area contributed by atoms with E-state index in [1.54, 1.807) is 0 Å². The van der Waals surface area contributed by atoms with Crippen LogP contribution in [-0.4, -0.2) is 21.9 Å². The Bertz CT molecular complexity index is 808. The topological polar surface area (TPSA) is 68.0 Å². The van der Waals surface area contributed by atoms with Crippen LogP contribution in [0.3, 0.4) is 0 Å². The summed E-state index contributed by atoms with van der Waals surface area (Å²) in [5, 5.41) is 11.2. The van der Waals surface area contributed by atoms with Gasteiger partial charge in [0, 0.05) is 14.8 Å². The smallest absolute Gasteiger partial charge is 0.277 e. The first-order valence-electron chi connectivity index (χ1n) is 6.78. The van der Waals surface area contributed by atoms with Crippen molar-refractivity contribution in [2.45, 2.75) is 5.22 Å². The number of amides is 1. The van der Waals surface area contributed by atoms with Gasteiger partial charge in [-0.1, -0.05) is 36.0 Å². The number of anilines is 1. The molecule has 2 aromatic carbocycles. The van der Waals surface area contributed by atoms with Crippen LogP contribution in [0.15, 0.2) is 64.2 Å². The van der Waals surface area contributed by atoms with E-state index in [-0.39, 0.29) is 11.7 Å². The minimum atomic E-state index is -0.114. The number of rotatable bonds is 5. The molecule has 116 valence electrons. The Morgan fingerprint density at radius 2 is 1.96 bits per heavy atom. The lowest BCUT2D eigenvalue weighted by Crippen LogP contribution is -2.13. The summed E-state index contributed by atoms with van der Waals surface area (Å²) in [6.45, 7) is 0. The third-order valence-electron chi connectivity index (χ3n) is 2.86. The van der Waals surface area contributed by atoms with Crippen LogP contribution < -0.4 is 5.32 Å². The SMILES string of the molecule is O=C(CSc1nnc(-c2ccccc2)o1)Nc1cccc(I)c1. The number of carbonyl (C=O) groups excluding carboxylic acids is 1. The molecule has 0 spiro atoms. The summed E-state index contributed by atoms with van der Waals surface area (Å²) in [7, 11) is 0. The molecule has 1 amide bonds. The largest absolute Gasteiger partial charge is 0.411 e. The first-order valence-corrected chi connectivity index (χ1v) is 8.84. The molecule has 23 heavy (non-hydrogen) atoms. The molecule has 0 atom stereocenters. The fourth-order valence-electron chi connectivity index (χ4n) is 1.86. The third-order valence-corrected chi connectivity index (χ3v) is 4.35. The van der Waals surface area contributed by atoms with Crippen LogP contribution in [0, 0.1) is 3.57 Å². The highest BCUT2D eigenvalue weighted by Crippen LogP contribution is 2.23. The highest BCUT2D eigenvalue weighted by molar-refractivity contribution is 14.1. The second-order valence-corrected chi connectivity index (χ2v) is 6.76. The van der Waals surface area contributed by atoms with Gasteiger partial charge in [-0.15, -0.1) is 10.2 Å². The number of hydrogen-bond donors (Lipinski definition) is 1. The number of thioether (sulfide) groups is 1. The van der Waals surface area contributed by atoms with Crippen LogP contribution >= 0.6 is 34.4 Å². The maximum atomic E-state index is 11.9. The number of aromatic nitrogens is 2. The summed E-state index contributed by atoms with van der Waals surface area (Å²) < 4.78 is 6.62. The molecule has 3 rings (SSSR count). The van der Waals surface area contributed by atoms with Crippen LogP contribution in [0.1, 0.15) is 0 Å². The van der Waals surface area contributed by atoms with Gasteiger partial charge >= 0.3 is 0 Å². The molecule has 1 aromatic heterocycles. The van der Waals surface area contributed by atoms with Crippen molar-refractivity contribution in [2.24, 2.45) is 0 Å². The number of hydrogen-bond acceptors (Lipinski definition) is 5. The first kappa shape index (κ1) is 16.0. The molecule has 0 radical (unpaired) electrons. The lowest BCUT2D eigenvalue weighted by molar-refractivity contribution is -0.113. The van der Waals surface area contributed by atoms with Crippen LogP contribution in [0.5, 0.6) is 0 Å². The van der Waals surface area contributed by atoms with Gasteiger partial charge in [-0.3, -0.25) is 4.79 Å². The van der Waals surface area contributed by atoms with Gasteiger partial charge in [0.2, 0.25) is 11.8 Å². The molecule has 0 bridgehead atoms. The number of halogens is 1. The van der Waals surface area contributed by atoms with Crippen molar-refractivity contribution in [3.63, 3.8) is 0 Å². The van der Waals surface area contributed by atoms with Gasteiger partial charge in [-0.2, -0.15) is 0 Å². The summed E-state index contributed by atoms with van der Waals surface area (Å²) in [4.78, 5) is 11.9. The lowest BCUT2D eigenvalue weighted by Gasteiger charge is -2.04. The lowest BCUT2D eigenvalue weighted by atomic mass is 10.2. The summed E-state index contributed by atoms with van der Waals surface area (Å²) in [5.41, 5.74) is 1.63. The van der Waals surface area contributed by atoms with Gasteiger partial charge in [0.05, 0.1) is 5.75 Å². The molecule has 0 aliphatic carbocycles. The molecular formula is C16H12IN3O2S. The van der Waals surface area contributed by atoms with E-state index in [0.29, 0.717) is 11.1 Å². The number of carbonyl (C=O) groups is 1. The second kappa shape index (κ2) is 7.60. The number of nitrogens with one attached hydrogen (secondary N) is 1. The van der Waals surface area contributed by atoms with Gasteiger partial charge in [-0.05, 0) is 52.9 Å². The summed E-state index contributed by atoms with van der Waals surface area (Å²) >= 11 is 3.41. The quantitative estimate of drug-likeness (QED) is 0.482. The van der Waals surface area contributed by atoms with E-state index in [9.17, 15) is 4.79 Å². The zero-order valence-electron chi connectivity index (χ0n) is 11.9. The molecule has 0 fully saturated rings. The van der Waals surface area contributed by atoms with Crippen molar-refractivity contribution in [3.05, 3.63) is 58.2 Å². The molecule has 0 aliphatic heterocycles. The molecule has 0 saturated heterocycles. The van der Waals surface area contributed by atoms with Crippen molar-refractivity contribution >= 4 is 45.9 Å². The van der Waals surface area contributed by atoms with Crippen molar-refractivity contribution < 1.29 is 9.21 Å². The minimum Gasteiger partial charge on any atom is -0.411 e. The predicted octanol–water partition coefficient (Wildman–Crippen LogP) is 4.07. The number of benzene rings is 2. The molecule has 1 heterocycles. The Labute approximate surface area is 151 Å².